The van der Waals surface area contributed by atoms with Crippen LogP contribution in [-0.4, -0.2) is 53.2 Å². The van der Waals surface area contributed by atoms with Gasteiger partial charge in [0, 0.05) is 31.3 Å². The molecule has 198 valence electrons. The second-order valence-corrected chi connectivity index (χ2v) is 10.9. The minimum absolute atomic E-state index is 0.106. The maximum absolute atomic E-state index is 14.1. The number of nitrogens with one attached hydrogen (secondary N) is 1. The molecule has 0 unspecified atom stereocenters. The minimum atomic E-state index is -0.967. The maximum Gasteiger partial charge on any atom is 0.254 e. The second-order valence-electron chi connectivity index (χ2n) is 10.9. The summed E-state index contributed by atoms with van der Waals surface area (Å²) >= 11 is 0. The molecule has 1 saturated heterocycles. The average Bonchev–Trinajstić information content (AvgIpc) is 3.49. The smallest absolute Gasteiger partial charge is 0.254 e. The van der Waals surface area contributed by atoms with E-state index in [9.17, 15) is 19.6 Å². The van der Waals surface area contributed by atoms with Crippen molar-refractivity contribution >= 4 is 23.4 Å². The Morgan fingerprint density at radius 2 is 1.67 bits per heavy atom. The SMILES string of the molecule is CC(C)C[C@@H](C(=O)N1C[C@]2(C[C@H]1C#N)C(=O)Nc1ccccc12)N(C)C(=O)c1ccc(-c2ccccc2)cc1. The highest BCUT2D eigenvalue weighted by Crippen LogP contribution is 2.46. The molecule has 1 spiro atoms. The normalized spacial score (nSPS) is 20.4. The van der Waals surface area contributed by atoms with Gasteiger partial charge in [-0.15, -0.1) is 0 Å². The Bertz CT molecular complexity index is 1440. The lowest BCUT2D eigenvalue weighted by Crippen LogP contribution is -2.52. The van der Waals surface area contributed by atoms with Gasteiger partial charge in [0.1, 0.15) is 12.1 Å². The number of likely N-dealkylation sites (N-methyl/N-ethyl adjacent to an activating group) is 1. The molecule has 7 nitrogen and oxygen atoms in total. The zero-order chi connectivity index (χ0) is 27.7. The number of hydrogen-bond acceptors (Lipinski definition) is 4. The van der Waals surface area contributed by atoms with Gasteiger partial charge in [-0.25, -0.2) is 0 Å². The molecule has 2 aliphatic heterocycles. The lowest BCUT2D eigenvalue weighted by Gasteiger charge is -2.33. The summed E-state index contributed by atoms with van der Waals surface area (Å²) in [6.45, 7) is 4.11. The first-order chi connectivity index (χ1) is 18.7. The van der Waals surface area contributed by atoms with Crippen LogP contribution in [0.25, 0.3) is 11.1 Å². The summed E-state index contributed by atoms with van der Waals surface area (Å²) in [5, 5.41) is 12.9. The zero-order valence-corrected chi connectivity index (χ0v) is 22.4. The molecule has 0 bridgehead atoms. The molecule has 7 heteroatoms. The fourth-order valence-electron chi connectivity index (χ4n) is 5.83. The summed E-state index contributed by atoms with van der Waals surface area (Å²) in [4.78, 5) is 43.8. The number of amides is 3. The fourth-order valence-corrected chi connectivity index (χ4v) is 5.83. The van der Waals surface area contributed by atoms with E-state index < -0.39 is 17.5 Å². The molecule has 3 aromatic carbocycles. The summed E-state index contributed by atoms with van der Waals surface area (Å²) in [6, 6.07) is 25.4. The third kappa shape index (κ3) is 4.67. The standard InChI is InChI=1S/C32H32N4O3/c1-21(2)17-28(35(3)29(37)24-15-13-23(14-16-24)22-9-5-4-6-10-22)30(38)36-20-32(18-25(36)19-33)26-11-7-8-12-27(26)34-31(32)39/h4-16,21,25,28H,17-18,20H2,1-3H3,(H,34,39)/t25-,28-,32-/m0/s1. The van der Waals surface area contributed by atoms with E-state index in [4.69, 9.17) is 0 Å². The molecule has 0 aliphatic carbocycles. The molecule has 2 heterocycles. The van der Waals surface area contributed by atoms with Crippen LogP contribution in [0.1, 0.15) is 42.6 Å². The maximum atomic E-state index is 14.1. The Kier molecular flexibility index (Phi) is 6.96. The molecular formula is C32H32N4O3. The number of anilines is 1. The van der Waals surface area contributed by atoms with Crippen molar-refractivity contribution < 1.29 is 14.4 Å². The van der Waals surface area contributed by atoms with Gasteiger partial charge in [0.2, 0.25) is 11.8 Å². The number of hydrogen-bond donors (Lipinski definition) is 1. The molecule has 0 aromatic heterocycles. The van der Waals surface area contributed by atoms with Crippen molar-refractivity contribution in [3.05, 3.63) is 90.0 Å². The third-order valence-corrected chi connectivity index (χ3v) is 7.92. The number of nitrogens with zero attached hydrogens (tertiary/aromatic N) is 3. The first kappa shape index (κ1) is 26.2. The van der Waals surface area contributed by atoms with Crippen molar-refractivity contribution in [3.8, 4) is 17.2 Å². The Morgan fingerprint density at radius 3 is 2.33 bits per heavy atom. The van der Waals surface area contributed by atoms with Crippen molar-refractivity contribution in [2.75, 3.05) is 18.9 Å². The van der Waals surface area contributed by atoms with Crippen molar-refractivity contribution in [2.45, 2.75) is 44.2 Å². The Balaban J connectivity index is 1.41. The molecule has 2 aliphatic rings. The van der Waals surface area contributed by atoms with Gasteiger partial charge < -0.3 is 15.1 Å². The predicted molar refractivity (Wildman–Crippen MR) is 150 cm³/mol. The molecule has 0 radical (unpaired) electrons. The molecule has 3 amide bonds. The number of carbonyl (C=O) groups excluding carboxylic acids is 3. The number of para-hydroxylation sites is 1. The van der Waals surface area contributed by atoms with E-state index in [1.807, 2.05) is 80.6 Å². The summed E-state index contributed by atoms with van der Waals surface area (Å²) in [5.74, 6) is -0.633. The zero-order valence-electron chi connectivity index (χ0n) is 22.4. The lowest BCUT2D eigenvalue weighted by molar-refractivity contribution is -0.136. The van der Waals surface area contributed by atoms with Crippen LogP contribution >= 0.6 is 0 Å². The number of nitriles is 1. The predicted octanol–water partition coefficient (Wildman–Crippen LogP) is 4.85. The highest BCUT2D eigenvalue weighted by molar-refractivity contribution is 6.07. The van der Waals surface area contributed by atoms with E-state index >= 15 is 0 Å². The van der Waals surface area contributed by atoms with E-state index in [2.05, 4.69) is 11.4 Å². The van der Waals surface area contributed by atoms with Crippen molar-refractivity contribution in [3.63, 3.8) is 0 Å². The van der Waals surface area contributed by atoms with E-state index in [1.54, 1.807) is 19.2 Å². The van der Waals surface area contributed by atoms with Crippen LogP contribution in [0.3, 0.4) is 0 Å². The monoisotopic (exact) mass is 520 g/mol. The summed E-state index contributed by atoms with van der Waals surface area (Å²) < 4.78 is 0. The van der Waals surface area contributed by atoms with Crippen molar-refractivity contribution in [1.29, 1.82) is 5.26 Å². The van der Waals surface area contributed by atoms with Crippen LogP contribution in [0.4, 0.5) is 5.69 Å². The van der Waals surface area contributed by atoms with Gasteiger partial charge in [-0.05, 0) is 47.2 Å². The highest BCUT2D eigenvalue weighted by atomic mass is 16.2. The Labute approximate surface area is 229 Å². The molecule has 1 N–H and O–H groups in total. The van der Waals surface area contributed by atoms with Gasteiger partial charge in [0.15, 0.2) is 0 Å². The summed E-state index contributed by atoms with van der Waals surface area (Å²) in [5.41, 5.74) is 3.11. The minimum Gasteiger partial charge on any atom is -0.330 e. The van der Waals surface area contributed by atoms with Gasteiger partial charge in [0.05, 0.1) is 11.5 Å². The molecule has 39 heavy (non-hydrogen) atoms. The highest BCUT2D eigenvalue weighted by Gasteiger charge is 2.56. The van der Waals surface area contributed by atoms with E-state index in [-0.39, 0.29) is 36.6 Å². The molecule has 3 aromatic rings. The Morgan fingerprint density at radius 1 is 1.03 bits per heavy atom. The topological polar surface area (TPSA) is 93.5 Å². The molecule has 0 saturated carbocycles. The number of likely N-dealkylation sites (tertiary alicyclic amines) is 1. The van der Waals surface area contributed by atoms with Crippen molar-refractivity contribution in [1.82, 2.24) is 9.80 Å². The number of benzene rings is 3. The largest absolute Gasteiger partial charge is 0.330 e. The quantitative estimate of drug-likeness (QED) is 0.503. The summed E-state index contributed by atoms with van der Waals surface area (Å²) in [6.07, 6.45) is 0.665. The van der Waals surface area contributed by atoms with Gasteiger partial charge in [-0.1, -0.05) is 74.5 Å². The van der Waals surface area contributed by atoms with Crippen molar-refractivity contribution in [2.24, 2.45) is 5.92 Å². The van der Waals surface area contributed by atoms with Crippen LogP contribution in [0.5, 0.6) is 0 Å². The average molecular weight is 521 g/mol. The fraction of sp³-hybridized carbons (Fsp3) is 0.312. The van der Waals surface area contributed by atoms with E-state index in [1.165, 1.54) is 9.80 Å². The van der Waals surface area contributed by atoms with E-state index in [0.29, 0.717) is 12.0 Å². The second kappa shape index (κ2) is 10.4. The van der Waals surface area contributed by atoms with Crippen LogP contribution in [0, 0.1) is 17.2 Å². The lowest BCUT2D eigenvalue weighted by atomic mass is 9.80. The van der Waals surface area contributed by atoms with Crippen LogP contribution in [0.15, 0.2) is 78.9 Å². The van der Waals surface area contributed by atoms with E-state index in [0.717, 1.165) is 22.4 Å². The molecule has 5 rings (SSSR count). The van der Waals surface area contributed by atoms with Gasteiger partial charge in [0.25, 0.3) is 5.91 Å². The van der Waals surface area contributed by atoms with Gasteiger partial charge in [-0.2, -0.15) is 5.26 Å². The van der Waals surface area contributed by atoms with Gasteiger partial charge in [-0.3, -0.25) is 14.4 Å². The molecule has 1 fully saturated rings. The summed E-state index contributed by atoms with van der Waals surface area (Å²) in [7, 11) is 1.64. The Hall–Kier alpha value is -4.44. The van der Waals surface area contributed by atoms with Crippen LogP contribution in [0.2, 0.25) is 0 Å². The van der Waals surface area contributed by atoms with Gasteiger partial charge >= 0.3 is 0 Å². The van der Waals surface area contributed by atoms with Crippen LogP contribution < -0.4 is 5.32 Å². The number of rotatable bonds is 6. The first-order valence-corrected chi connectivity index (χ1v) is 13.3. The number of carbonyl (C=O) groups is 3. The molecular weight excluding hydrogens is 488 g/mol. The first-order valence-electron chi connectivity index (χ1n) is 13.3. The third-order valence-electron chi connectivity index (χ3n) is 7.92. The van der Waals surface area contributed by atoms with Crippen LogP contribution in [-0.2, 0) is 15.0 Å². The number of fused-ring (bicyclic) bond motifs is 2. The molecule has 3 atom stereocenters.